The molecule has 0 bridgehead atoms. The van der Waals surface area contributed by atoms with Crippen molar-refractivity contribution in [1.29, 1.82) is 0 Å². The number of rotatable bonds is 0. The van der Waals surface area contributed by atoms with Crippen molar-refractivity contribution in [2.75, 3.05) is 0 Å². The Morgan fingerprint density at radius 3 is 2.36 bits per heavy atom. The monoisotopic (exact) mass is 150 g/mol. The van der Waals surface area contributed by atoms with E-state index in [0.29, 0.717) is 6.42 Å². The number of allylic oxidation sites excluding steroid dienone is 4. The van der Waals surface area contributed by atoms with Gasteiger partial charge in [0.15, 0.2) is 5.78 Å². The fourth-order valence-electron chi connectivity index (χ4n) is 1.09. The largest absolute Gasteiger partial charge is 0.294 e. The van der Waals surface area contributed by atoms with Gasteiger partial charge in [-0.25, -0.2) is 0 Å². The highest BCUT2D eigenvalue weighted by atomic mass is 16.1. The van der Waals surface area contributed by atoms with Crippen LogP contribution in [0.3, 0.4) is 0 Å². The molecule has 0 aliphatic heterocycles. The van der Waals surface area contributed by atoms with Crippen LogP contribution in [-0.2, 0) is 4.79 Å². The van der Waals surface area contributed by atoms with Crippen molar-refractivity contribution in [1.82, 2.24) is 0 Å². The van der Waals surface area contributed by atoms with Crippen molar-refractivity contribution in [2.24, 2.45) is 5.41 Å². The molecular formula is C10H14O. The maximum absolute atomic E-state index is 11.0. The van der Waals surface area contributed by atoms with Crippen LogP contribution >= 0.6 is 0 Å². The van der Waals surface area contributed by atoms with Gasteiger partial charge >= 0.3 is 0 Å². The summed E-state index contributed by atoms with van der Waals surface area (Å²) >= 11 is 0. The average molecular weight is 150 g/mol. The molecule has 0 saturated carbocycles. The lowest BCUT2D eigenvalue weighted by molar-refractivity contribution is -0.114. The molecule has 1 nitrogen and oxygen atoms in total. The fourth-order valence-corrected chi connectivity index (χ4v) is 1.09. The van der Waals surface area contributed by atoms with Gasteiger partial charge in [0.2, 0.25) is 0 Å². The predicted molar refractivity (Wildman–Crippen MR) is 46.3 cm³/mol. The topological polar surface area (TPSA) is 17.1 Å². The SMILES string of the molecule is CC(C)(C)C1=CC=CC(=O)C1. The molecule has 11 heavy (non-hydrogen) atoms. The molecule has 1 aliphatic carbocycles. The second kappa shape index (κ2) is 2.65. The van der Waals surface area contributed by atoms with Crippen molar-refractivity contribution in [3.05, 3.63) is 23.8 Å². The Balaban J connectivity index is 2.83. The molecule has 0 atom stereocenters. The third-order valence-electron chi connectivity index (χ3n) is 1.91. The Bertz CT molecular complexity index is 226. The summed E-state index contributed by atoms with van der Waals surface area (Å²) in [6, 6.07) is 0. The lowest BCUT2D eigenvalue weighted by atomic mass is 9.82. The Morgan fingerprint density at radius 2 is 2.00 bits per heavy atom. The Hall–Kier alpha value is -0.850. The molecule has 0 saturated heterocycles. The van der Waals surface area contributed by atoms with Gasteiger partial charge in [0.1, 0.15) is 0 Å². The molecule has 0 unspecified atom stereocenters. The van der Waals surface area contributed by atoms with Crippen LogP contribution in [-0.4, -0.2) is 5.78 Å². The molecule has 0 N–H and O–H groups in total. The minimum Gasteiger partial charge on any atom is -0.294 e. The van der Waals surface area contributed by atoms with E-state index >= 15 is 0 Å². The summed E-state index contributed by atoms with van der Waals surface area (Å²) in [4.78, 5) is 11.0. The van der Waals surface area contributed by atoms with Gasteiger partial charge in [-0.1, -0.05) is 38.5 Å². The molecule has 0 fully saturated rings. The molecule has 0 aromatic carbocycles. The van der Waals surface area contributed by atoms with Gasteiger partial charge in [-0.05, 0) is 11.5 Å². The summed E-state index contributed by atoms with van der Waals surface area (Å²) in [5.74, 6) is 0.220. The van der Waals surface area contributed by atoms with Crippen LogP contribution in [0.1, 0.15) is 27.2 Å². The van der Waals surface area contributed by atoms with Crippen molar-refractivity contribution in [3.63, 3.8) is 0 Å². The zero-order valence-electron chi connectivity index (χ0n) is 7.35. The summed E-state index contributed by atoms with van der Waals surface area (Å²) in [6.07, 6.45) is 6.11. The van der Waals surface area contributed by atoms with Crippen LogP contribution in [0.5, 0.6) is 0 Å². The summed E-state index contributed by atoms with van der Waals surface area (Å²) < 4.78 is 0. The first-order valence-electron chi connectivity index (χ1n) is 3.91. The third-order valence-corrected chi connectivity index (χ3v) is 1.91. The van der Waals surface area contributed by atoms with E-state index in [1.807, 2.05) is 12.2 Å². The molecule has 0 heterocycles. The van der Waals surface area contributed by atoms with Crippen LogP contribution in [0.25, 0.3) is 0 Å². The smallest absolute Gasteiger partial charge is 0.159 e. The van der Waals surface area contributed by atoms with Gasteiger partial charge in [0.05, 0.1) is 0 Å². The summed E-state index contributed by atoms with van der Waals surface area (Å²) in [5.41, 5.74) is 1.37. The maximum Gasteiger partial charge on any atom is 0.159 e. The third kappa shape index (κ3) is 2.04. The Kier molecular flexibility index (Phi) is 1.99. The molecule has 1 heteroatoms. The van der Waals surface area contributed by atoms with Crippen molar-refractivity contribution in [2.45, 2.75) is 27.2 Å². The highest BCUT2D eigenvalue weighted by molar-refractivity contribution is 5.93. The molecule has 0 aromatic rings. The van der Waals surface area contributed by atoms with Crippen LogP contribution in [0.2, 0.25) is 0 Å². The highest BCUT2D eigenvalue weighted by Crippen LogP contribution is 2.29. The number of hydrogen-bond acceptors (Lipinski definition) is 1. The lowest BCUT2D eigenvalue weighted by Crippen LogP contribution is -2.14. The summed E-state index contributed by atoms with van der Waals surface area (Å²) in [7, 11) is 0. The predicted octanol–water partition coefficient (Wildman–Crippen LogP) is 2.49. The minimum atomic E-state index is 0.139. The second-order valence-electron chi connectivity index (χ2n) is 3.94. The molecule has 0 amide bonds. The first-order valence-corrected chi connectivity index (χ1v) is 3.91. The van der Waals surface area contributed by atoms with Gasteiger partial charge in [0, 0.05) is 6.42 Å². The van der Waals surface area contributed by atoms with E-state index in [1.165, 1.54) is 5.57 Å². The first-order chi connectivity index (χ1) is 5.00. The fraction of sp³-hybridized carbons (Fsp3) is 0.500. The van der Waals surface area contributed by atoms with E-state index in [-0.39, 0.29) is 11.2 Å². The van der Waals surface area contributed by atoms with Crippen LogP contribution in [0.15, 0.2) is 23.8 Å². The van der Waals surface area contributed by atoms with E-state index in [4.69, 9.17) is 0 Å². The number of ketones is 1. The van der Waals surface area contributed by atoms with Gasteiger partial charge in [0.25, 0.3) is 0 Å². The van der Waals surface area contributed by atoms with Crippen molar-refractivity contribution >= 4 is 5.78 Å². The van der Waals surface area contributed by atoms with Crippen molar-refractivity contribution < 1.29 is 4.79 Å². The van der Waals surface area contributed by atoms with Crippen LogP contribution in [0, 0.1) is 5.41 Å². The highest BCUT2D eigenvalue weighted by Gasteiger charge is 2.19. The van der Waals surface area contributed by atoms with Gasteiger partial charge in [-0.3, -0.25) is 4.79 Å². The summed E-state index contributed by atoms with van der Waals surface area (Å²) in [5, 5.41) is 0. The molecule has 0 aromatic heterocycles. The normalized spacial score (nSPS) is 18.5. The molecule has 60 valence electrons. The number of carbonyl (C=O) groups is 1. The number of carbonyl (C=O) groups excluding carboxylic acids is 1. The Labute approximate surface area is 67.8 Å². The number of hydrogen-bond donors (Lipinski definition) is 0. The molecule has 1 rings (SSSR count). The molecule has 0 spiro atoms. The van der Waals surface area contributed by atoms with E-state index in [0.717, 1.165) is 0 Å². The van der Waals surface area contributed by atoms with Gasteiger partial charge in [-0.2, -0.15) is 0 Å². The Morgan fingerprint density at radius 1 is 1.36 bits per heavy atom. The second-order valence-corrected chi connectivity index (χ2v) is 3.94. The minimum absolute atomic E-state index is 0.139. The van der Waals surface area contributed by atoms with E-state index in [2.05, 4.69) is 20.8 Å². The molecular weight excluding hydrogens is 136 g/mol. The molecule has 1 aliphatic rings. The standard InChI is InChI=1S/C10H14O/c1-10(2,3)8-5-4-6-9(11)7-8/h4-6H,7H2,1-3H3. The maximum atomic E-state index is 11.0. The van der Waals surface area contributed by atoms with Gasteiger partial charge < -0.3 is 0 Å². The van der Waals surface area contributed by atoms with Gasteiger partial charge in [-0.15, -0.1) is 0 Å². The average Bonchev–Trinajstić information content (AvgIpc) is 1.86. The van der Waals surface area contributed by atoms with E-state index in [1.54, 1.807) is 6.08 Å². The van der Waals surface area contributed by atoms with E-state index in [9.17, 15) is 4.79 Å². The summed E-state index contributed by atoms with van der Waals surface area (Å²) in [6.45, 7) is 6.39. The zero-order valence-corrected chi connectivity index (χ0v) is 7.35. The quantitative estimate of drug-likeness (QED) is 0.518. The first kappa shape index (κ1) is 8.25. The van der Waals surface area contributed by atoms with Crippen molar-refractivity contribution in [3.8, 4) is 0 Å². The van der Waals surface area contributed by atoms with Crippen LogP contribution < -0.4 is 0 Å². The zero-order chi connectivity index (χ0) is 8.48. The lowest BCUT2D eigenvalue weighted by Gasteiger charge is -2.23. The molecule has 0 radical (unpaired) electrons. The van der Waals surface area contributed by atoms with E-state index < -0.39 is 0 Å². The van der Waals surface area contributed by atoms with Crippen LogP contribution in [0.4, 0.5) is 0 Å².